The second-order valence-corrected chi connectivity index (χ2v) is 7.09. The zero-order valence-electron chi connectivity index (χ0n) is 14.3. The maximum absolute atomic E-state index is 5.79. The van der Waals surface area contributed by atoms with Gasteiger partial charge in [-0.3, -0.25) is 4.90 Å². The van der Waals surface area contributed by atoms with Gasteiger partial charge in [0, 0.05) is 38.3 Å². The first-order valence-corrected chi connectivity index (χ1v) is 8.58. The molecule has 0 aliphatic carbocycles. The average Bonchev–Trinajstić information content (AvgIpc) is 2.37. The summed E-state index contributed by atoms with van der Waals surface area (Å²) in [6.45, 7) is 16.6. The van der Waals surface area contributed by atoms with E-state index >= 15 is 0 Å². The van der Waals surface area contributed by atoms with Crippen LogP contribution in [0.15, 0.2) is 0 Å². The first kappa shape index (κ1) is 17.9. The number of ether oxygens (including phenoxy) is 1. The van der Waals surface area contributed by atoms with Gasteiger partial charge in [-0.2, -0.15) is 0 Å². The topological polar surface area (TPSA) is 24.5 Å². The zero-order valence-corrected chi connectivity index (χ0v) is 14.3. The number of piperazine rings is 1. The van der Waals surface area contributed by atoms with E-state index in [1.165, 1.54) is 25.8 Å². The summed E-state index contributed by atoms with van der Waals surface area (Å²) in [4.78, 5) is 2.64. The highest BCUT2D eigenvalue weighted by molar-refractivity contribution is 4.85. The largest absolute Gasteiger partial charge is 0.380 e. The Balaban J connectivity index is 2.27. The van der Waals surface area contributed by atoms with Gasteiger partial charge in [-0.1, -0.05) is 34.6 Å². The highest BCUT2D eigenvalue weighted by atomic mass is 16.5. The lowest BCUT2D eigenvalue weighted by Gasteiger charge is -2.40. The molecule has 1 saturated heterocycles. The summed E-state index contributed by atoms with van der Waals surface area (Å²) in [5, 5.41) is 3.72. The molecule has 0 spiro atoms. The molecule has 20 heavy (non-hydrogen) atoms. The second-order valence-electron chi connectivity index (χ2n) is 7.09. The van der Waals surface area contributed by atoms with Crippen molar-refractivity contribution >= 4 is 0 Å². The Morgan fingerprint density at radius 3 is 2.50 bits per heavy atom. The Morgan fingerprint density at radius 2 is 1.90 bits per heavy atom. The summed E-state index contributed by atoms with van der Waals surface area (Å²) in [6, 6.07) is 1.35. The molecule has 1 aliphatic rings. The average molecular weight is 284 g/mol. The number of nitrogens with one attached hydrogen (secondary N) is 1. The van der Waals surface area contributed by atoms with Crippen molar-refractivity contribution in [2.75, 3.05) is 32.8 Å². The van der Waals surface area contributed by atoms with E-state index in [0.29, 0.717) is 12.1 Å². The molecular weight excluding hydrogens is 248 g/mol. The number of rotatable bonds is 9. The molecule has 1 heterocycles. The van der Waals surface area contributed by atoms with Gasteiger partial charge in [0.25, 0.3) is 0 Å². The quantitative estimate of drug-likeness (QED) is 0.658. The van der Waals surface area contributed by atoms with E-state index < -0.39 is 0 Å². The van der Waals surface area contributed by atoms with Crippen LogP contribution >= 0.6 is 0 Å². The zero-order chi connectivity index (χ0) is 15.0. The van der Waals surface area contributed by atoms with Crippen molar-refractivity contribution in [3.8, 4) is 0 Å². The predicted molar refractivity (Wildman–Crippen MR) is 87.2 cm³/mol. The smallest absolute Gasteiger partial charge is 0.0593 e. The standard InChI is InChI=1S/C17H36N2O/c1-6-17-12-18-16(11-15(4)5)13-19(17)8-10-20-9-7-14(2)3/h14-18H,6-13H2,1-5H3. The van der Waals surface area contributed by atoms with E-state index in [4.69, 9.17) is 4.74 Å². The van der Waals surface area contributed by atoms with E-state index in [1.807, 2.05) is 0 Å². The molecule has 1 rings (SSSR count). The van der Waals surface area contributed by atoms with Crippen LogP contribution in [0.25, 0.3) is 0 Å². The van der Waals surface area contributed by atoms with Gasteiger partial charge in [-0.25, -0.2) is 0 Å². The first-order valence-electron chi connectivity index (χ1n) is 8.58. The molecule has 0 aromatic carbocycles. The van der Waals surface area contributed by atoms with Crippen LogP contribution in [0.2, 0.25) is 0 Å². The van der Waals surface area contributed by atoms with Gasteiger partial charge in [-0.05, 0) is 31.1 Å². The highest BCUT2D eigenvalue weighted by Gasteiger charge is 2.26. The molecule has 120 valence electrons. The van der Waals surface area contributed by atoms with Crippen LogP contribution in [0, 0.1) is 11.8 Å². The third-order valence-electron chi connectivity index (χ3n) is 4.20. The minimum Gasteiger partial charge on any atom is -0.380 e. The van der Waals surface area contributed by atoms with Gasteiger partial charge in [0.15, 0.2) is 0 Å². The Morgan fingerprint density at radius 1 is 1.15 bits per heavy atom. The van der Waals surface area contributed by atoms with Crippen molar-refractivity contribution in [1.29, 1.82) is 0 Å². The van der Waals surface area contributed by atoms with Crippen LogP contribution in [-0.4, -0.2) is 49.8 Å². The molecule has 1 fully saturated rings. The van der Waals surface area contributed by atoms with Crippen molar-refractivity contribution in [1.82, 2.24) is 10.2 Å². The lowest BCUT2D eigenvalue weighted by molar-refractivity contribution is 0.0577. The Hall–Kier alpha value is -0.120. The van der Waals surface area contributed by atoms with Crippen molar-refractivity contribution in [3.63, 3.8) is 0 Å². The van der Waals surface area contributed by atoms with Crippen LogP contribution < -0.4 is 5.32 Å². The third kappa shape index (κ3) is 7.05. The van der Waals surface area contributed by atoms with Gasteiger partial charge in [0.1, 0.15) is 0 Å². The van der Waals surface area contributed by atoms with Crippen molar-refractivity contribution < 1.29 is 4.74 Å². The molecule has 2 unspecified atom stereocenters. The monoisotopic (exact) mass is 284 g/mol. The highest BCUT2D eigenvalue weighted by Crippen LogP contribution is 2.15. The normalized spacial score (nSPS) is 24.8. The van der Waals surface area contributed by atoms with E-state index in [1.54, 1.807) is 0 Å². The summed E-state index contributed by atoms with van der Waals surface area (Å²) >= 11 is 0. The van der Waals surface area contributed by atoms with E-state index in [0.717, 1.165) is 38.1 Å². The third-order valence-corrected chi connectivity index (χ3v) is 4.20. The first-order chi connectivity index (χ1) is 9.52. The number of hydrogen-bond acceptors (Lipinski definition) is 3. The SMILES string of the molecule is CCC1CNC(CC(C)C)CN1CCOCCC(C)C. The molecule has 3 heteroatoms. The minimum atomic E-state index is 0.661. The molecule has 0 aromatic heterocycles. The predicted octanol–water partition coefficient (Wildman–Crippen LogP) is 3.15. The van der Waals surface area contributed by atoms with Crippen LogP contribution in [0.1, 0.15) is 53.9 Å². The van der Waals surface area contributed by atoms with E-state index in [9.17, 15) is 0 Å². The number of hydrogen-bond donors (Lipinski definition) is 1. The molecule has 1 aliphatic heterocycles. The van der Waals surface area contributed by atoms with Gasteiger partial charge < -0.3 is 10.1 Å². The maximum Gasteiger partial charge on any atom is 0.0593 e. The second kappa shape index (κ2) is 9.75. The molecule has 0 amide bonds. The van der Waals surface area contributed by atoms with Gasteiger partial charge in [-0.15, -0.1) is 0 Å². The molecule has 3 nitrogen and oxygen atoms in total. The lowest BCUT2D eigenvalue weighted by Crippen LogP contribution is -2.57. The maximum atomic E-state index is 5.79. The van der Waals surface area contributed by atoms with Crippen LogP contribution in [0.5, 0.6) is 0 Å². The molecule has 0 bridgehead atoms. The molecule has 2 atom stereocenters. The summed E-state index contributed by atoms with van der Waals surface area (Å²) in [5.74, 6) is 1.52. The van der Waals surface area contributed by atoms with E-state index in [-0.39, 0.29) is 0 Å². The fourth-order valence-electron chi connectivity index (χ4n) is 2.93. The summed E-state index contributed by atoms with van der Waals surface area (Å²) in [5.41, 5.74) is 0. The van der Waals surface area contributed by atoms with Gasteiger partial charge in [0.2, 0.25) is 0 Å². The van der Waals surface area contributed by atoms with Crippen LogP contribution in [-0.2, 0) is 4.74 Å². The van der Waals surface area contributed by atoms with Crippen molar-refractivity contribution in [2.24, 2.45) is 11.8 Å². The van der Waals surface area contributed by atoms with Crippen molar-refractivity contribution in [3.05, 3.63) is 0 Å². The van der Waals surface area contributed by atoms with Gasteiger partial charge >= 0.3 is 0 Å². The summed E-state index contributed by atoms with van der Waals surface area (Å²) in [6.07, 6.45) is 3.68. The minimum absolute atomic E-state index is 0.661. The Bertz CT molecular complexity index is 243. The van der Waals surface area contributed by atoms with Gasteiger partial charge in [0.05, 0.1) is 6.61 Å². The van der Waals surface area contributed by atoms with E-state index in [2.05, 4.69) is 44.8 Å². The Kier molecular flexibility index (Phi) is 8.74. The fourth-order valence-corrected chi connectivity index (χ4v) is 2.93. The molecule has 0 radical (unpaired) electrons. The number of nitrogens with zero attached hydrogens (tertiary/aromatic N) is 1. The lowest BCUT2D eigenvalue weighted by atomic mass is 9.99. The van der Waals surface area contributed by atoms with Crippen LogP contribution in [0.3, 0.4) is 0 Å². The summed E-state index contributed by atoms with van der Waals surface area (Å²) in [7, 11) is 0. The fraction of sp³-hybridized carbons (Fsp3) is 1.00. The Labute approximate surface area is 126 Å². The molecule has 0 saturated carbocycles. The van der Waals surface area contributed by atoms with Crippen LogP contribution in [0.4, 0.5) is 0 Å². The summed E-state index contributed by atoms with van der Waals surface area (Å²) < 4.78 is 5.79. The molecular formula is C17H36N2O. The molecule has 1 N–H and O–H groups in total. The molecule has 0 aromatic rings. The van der Waals surface area contributed by atoms with Crippen molar-refractivity contribution in [2.45, 2.75) is 66.0 Å².